The number of fused-ring (bicyclic) bond motifs is 1. The van der Waals surface area contributed by atoms with Gasteiger partial charge in [-0.1, -0.05) is 18.2 Å². The summed E-state index contributed by atoms with van der Waals surface area (Å²) in [6.45, 7) is 4.58. The molecule has 4 nitrogen and oxygen atoms in total. The highest BCUT2D eigenvalue weighted by Gasteiger charge is 2.25. The van der Waals surface area contributed by atoms with Crippen LogP contribution in [-0.4, -0.2) is 23.0 Å². The monoisotopic (exact) mass is 283 g/mol. The first-order valence-electron chi connectivity index (χ1n) is 7.52. The standard InChI is InChI=1S/C17H21N3O/c1-11-9-13(15-5-3-4-6-16(15)19-11)10-18-12(2)17(21)20-14-7-8-14/h3-6,9,12,14,18H,7-8,10H2,1-2H3,(H,20,21). The Morgan fingerprint density at radius 3 is 2.90 bits per heavy atom. The Morgan fingerprint density at radius 2 is 2.14 bits per heavy atom. The quantitative estimate of drug-likeness (QED) is 0.885. The van der Waals surface area contributed by atoms with Crippen molar-refractivity contribution in [3.63, 3.8) is 0 Å². The molecular formula is C17H21N3O. The molecule has 2 N–H and O–H groups in total. The molecule has 0 aliphatic heterocycles. The van der Waals surface area contributed by atoms with Crippen LogP contribution in [0.3, 0.4) is 0 Å². The molecular weight excluding hydrogens is 262 g/mol. The van der Waals surface area contributed by atoms with Gasteiger partial charge in [-0.2, -0.15) is 0 Å². The van der Waals surface area contributed by atoms with Gasteiger partial charge in [0.05, 0.1) is 11.6 Å². The number of nitrogens with one attached hydrogen (secondary N) is 2. The van der Waals surface area contributed by atoms with Crippen molar-refractivity contribution in [2.75, 3.05) is 0 Å². The normalized spacial score (nSPS) is 15.9. The average molecular weight is 283 g/mol. The first kappa shape index (κ1) is 14.0. The van der Waals surface area contributed by atoms with Crippen molar-refractivity contribution in [3.05, 3.63) is 41.6 Å². The largest absolute Gasteiger partial charge is 0.352 e. The van der Waals surface area contributed by atoms with E-state index in [0.29, 0.717) is 12.6 Å². The number of benzene rings is 1. The Kier molecular flexibility index (Phi) is 3.88. The lowest BCUT2D eigenvalue weighted by atomic mass is 10.1. The Morgan fingerprint density at radius 1 is 1.38 bits per heavy atom. The van der Waals surface area contributed by atoms with Crippen molar-refractivity contribution in [2.24, 2.45) is 0 Å². The van der Waals surface area contributed by atoms with E-state index in [1.165, 1.54) is 5.56 Å². The highest BCUT2D eigenvalue weighted by molar-refractivity contribution is 5.83. The fourth-order valence-electron chi connectivity index (χ4n) is 2.45. The second-order valence-corrected chi connectivity index (χ2v) is 5.83. The van der Waals surface area contributed by atoms with E-state index in [1.54, 1.807) is 0 Å². The SMILES string of the molecule is Cc1cc(CNC(C)C(=O)NC2CC2)c2ccccc2n1. The summed E-state index contributed by atoms with van der Waals surface area (Å²) in [5.41, 5.74) is 3.19. The van der Waals surface area contributed by atoms with E-state index in [0.717, 1.165) is 29.4 Å². The predicted octanol–water partition coefficient (Wildman–Crippen LogP) is 2.30. The second kappa shape index (κ2) is 5.82. The lowest BCUT2D eigenvalue weighted by Crippen LogP contribution is -2.42. The van der Waals surface area contributed by atoms with Gasteiger partial charge in [0.2, 0.25) is 5.91 Å². The van der Waals surface area contributed by atoms with Crippen LogP contribution < -0.4 is 10.6 Å². The number of aromatic nitrogens is 1. The van der Waals surface area contributed by atoms with Crippen LogP contribution in [0.15, 0.2) is 30.3 Å². The fraction of sp³-hybridized carbons (Fsp3) is 0.412. The van der Waals surface area contributed by atoms with Crippen molar-refractivity contribution in [1.29, 1.82) is 0 Å². The number of pyridine rings is 1. The number of carbonyl (C=O) groups excluding carboxylic acids is 1. The van der Waals surface area contributed by atoms with Gasteiger partial charge in [0, 0.05) is 23.7 Å². The van der Waals surface area contributed by atoms with E-state index in [2.05, 4.69) is 27.8 Å². The molecule has 110 valence electrons. The maximum absolute atomic E-state index is 12.0. The Bertz CT molecular complexity index is 664. The van der Waals surface area contributed by atoms with Gasteiger partial charge in [-0.25, -0.2) is 0 Å². The Hall–Kier alpha value is -1.94. The molecule has 0 spiro atoms. The molecule has 1 atom stereocenters. The molecule has 1 amide bonds. The van der Waals surface area contributed by atoms with Crippen LogP contribution in [0.4, 0.5) is 0 Å². The van der Waals surface area contributed by atoms with Crippen molar-refractivity contribution >= 4 is 16.8 Å². The van der Waals surface area contributed by atoms with Crippen LogP contribution in [0.25, 0.3) is 10.9 Å². The molecule has 1 unspecified atom stereocenters. The molecule has 1 aliphatic rings. The molecule has 0 bridgehead atoms. The van der Waals surface area contributed by atoms with Gasteiger partial charge in [-0.15, -0.1) is 0 Å². The molecule has 4 heteroatoms. The van der Waals surface area contributed by atoms with E-state index in [1.807, 2.05) is 32.0 Å². The van der Waals surface area contributed by atoms with Gasteiger partial charge >= 0.3 is 0 Å². The maximum atomic E-state index is 12.0. The van der Waals surface area contributed by atoms with Crippen molar-refractivity contribution in [1.82, 2.24) is 15.6 Å². The van der Waals surface area contributed by atoms with E-state index >= 15 is 0 Å². The highest BCUT2D eigenvalue weighted by atomic mass is 16.2. The molecule has 1 saturated carbocycles. The molecule has 1 aromatic heterocycles. The topological polar surface area (TPSA) is 54.0 Å². The van der Waals surface area contributed by atoms with E-state index in [-0.39, 0.29) is 11.9 Å². The third kappa shape index (κ3) is 3.39. The predicted molar refractivity (Wildman–Crippen MR) is 83.9 cm³/mol. The maximum Gasteiger partial charge on any atom is 0.237 e. The number of rotatable bonds is 5. The summed E-state index contributed by atoms with van der Waals surface area (Å²) in [6.07, 6.45) is 2.24. The molecule has 3 rings (SSSR count). The molecule has 1 aliphatic carbocycles. The van der Waals surface area contributed by atoms with E-state index < -0.39 is 0 Å². The van der Waals surface area contributed by atoms with Crippen LogP contribution in [0.1, 0.15) is 31.0 Å². The van der Waals surface area contributed by atoms with E-state index in [9.17, 15) is 4.79 Å². The molecule has 1 heterocycles. The molecule has 0 radical (unpaired) electrons. The van der Waals surface area contributed by atoms with Gasteiger partial charge < -0.3 is 10.6 Å². The number of hydrogen-bond acceptors (Lipinski definition) is 3. The lowest BCUT2D eigenvalue weighted by molar-refractivity contribution is -0.122. The van der Waals surface area contributed by atoms with Crippen molar-refractivity contribution in [3.8, 4) is 0 Å². The molecule has 1 fully saturated rings. The number of nitrogens with zero attached hydrogens (tertiary/aromatic N) is 1. The fourth-order valence-corrected chi connectivity index (χ4v) is 2.45. The first-order chi connectivity index (χ1) is 10.1. The van der Waals surface area contributed by atoms with Crippen LogP contribution >= 0.6 is 0 Å². The van der Waals surface area contributed by atoms with Gasteiger partial charge in [-0.05, 0) is 44.4 Å². The second-order valence-electron chi connectivity index (χ2n) is 5.83. The number of carbonyl (C=O) groups is 1. The molecule has 2 aromatic rings. The highest BCUT2D eigenvalue weighted by Crippen LogP contribution is 2.19. The minimum absolute atomic E-state index is 0.0904. The summed E-state index contributed by atoms with van der Waals surface area (Å²) < 4.78 is 0. The van der Waals surface area contributed by atoms with Crippen LogP contribution in [0, 0.1) is 6.92 Å². The van der Waals surface area contributed by atoms with Gasteiger partial charge in [0.1, 0.15) is 0 Å². The zero-order valence-electron chi connectivity index (χ0n) is 12.5. The third-order valence-electron chi connectivity index (χ3n) is 3.85. The zero-order chi connectivity index (χ0) is 14.8. The summed E-state index contributed by atoms with van der Waals surface area (Å²) in [7, 11) is 0. The summed E-state index contributed by atoms with van der Waals surface area (Å²) in [6, 6.07) is 10.4. The zero-order valence-corrected chi connectivity index (χ0v) is 12.5. The lowest BCUT2D eigenvalue weighted by Gasteiger charge is -2.15. The van der Waals surface area contributed by atoms with E-state index in [4.69, 9.17) is 0 Å². The van der Waals surface area contributed by atoms with Gasteiger partial charge in [0.25, 0.3) is 0 Å². The minimum atomic E-state index is -0.183. The Balaban J connectivity index is 1.70. The number of hydrogen-bond donors (Lipinski definition) is 2. The number of amides is 1. The summed E-state index contributed by atoms with van der Waals surface area (Å²) in [5, 5.41) is 7.48. The average Bonchev–Trinajstić information content (AvgIpc) is 3.28. The third-order valence-corrected chi connectivity index (χ3v) is 3.85. The van der Waals surface area contributed by atoms with Crippen molar-refractivity contribution in [2.45, 2.75) is 45.3 Å². The summed E-state index contributed by atoms with van der Waals surface area (Å²) in [5.74, 6) is 0.0904. The molecule has 0 saturated heterocycles. The minimum Gasteiger partial charge on any atom is -0.352 e. The van der Waals surface area contributed by atoms with Gasteiger partial charge in [-0.3, -0.25) is 9.78 Å². The Labute approximate surface area is 125 Å². The summed E-state index contributed by atoms with van der Waals surface area (Å²) in [4.78, 5) is 16.5. The van der Waals surface area contributed by atoms with Gasteiger partial charge in [0.15, 0.2) is 0 Å². The number of aryl methyl sites for hydroxylation is 1. The van der Waals surface area contributed by atoms with Crippen LogP contribution in [0.2, 0.25) is 0 Å². The van der Waals surface area contributed by atoms with Crippen LogP contribution in [-0.2, 0) is 11.3 Å². The molecule has 21 heavy (non-hydrogen) atoms. The summed E-state index contributed by atoms with van der Waals surface area (Å²) >= 11 is 0. The number of para-hydroxylation sites is 1. The molecule has 1 aromatic carbocycles. The van der Waals surface area contributed by atoms with Crippen molar-refractivity contribution < 1.29 is 4.79 Å². The van der Waals surface area contributed by atoms with Crippen LogP contribution in [0.5, 0.6) is 0 Å². The smallest absolute Gasteiger partial charge is 0.237 e. The first-order valence-corrected chi connectivity index (χ1v) is 7.52.